The number of benzene rings is 1. The predicted octanol–water partition coefficient (Wildman–Crippen LogP) is 1.65. The Morgan fingerprint density at radius 3 is 2.48 bits per heavy atom. The van der Waals surface area contributed by atoms with Gasteiger partial charge in [-0.25, -0.2) is 0 Å². The zero-order valence-electron chi connectivity index (χ0n) is 11.8. The maximum absolute atomic E-state index is 11.4. The van der Waals surface area contributed by atoms with Crippen LogP contribution in [-0.2, 0) is 0 Å². The molecule has 21 heavy (non-hydrogen) atoms. The van der Waals surface area contributed by atoms with Gasteiger partial charge < -0.3 is 15.7 Å². The number of hydrogen-bond donors (Lipinski definition) is 3. The summed E-state index contributed by atoms with van der Waals surface area (Å²) < 4.78 is 0. The fourth-order valence-electron chi connectivity index (χ4n) is 4.32. The lowest BCUT2D eigenvalue weighted by molar-refractivity contribution is 0.284. The van der Waals surface area contributed by atoms with Gasteiger partial charge in [-0.3, -0.25) is 9.59 Å². The van der Waals surface area contributed by atoms with Crippen LogP contribution >= 0.6 is 0 Å². The number of rotatable bonds is 2. The lowest BCUT2D eigenvalue weighted by Crippen LogP contribution is -2.29. The van der Waals surface area contributed by atoms with Crippen molar-refractivity contribution in [2.45, 2.75) is 31.7 Å². The Labute approximate surface area is 121 Å². The molecule has 1 heterocycles. The molecule has 4 atom stereocenters. The highest BCUT2D eigenvalue weighted by atomic mass is 16.2. The number of nitrogens with two attached hydrogens (primary N) is 1. The molecular formula is C16H19N3O2. The molecule has 4 unspecified atom stereocenters. The van der Waals surface area contributed by atoms with E-state index in [0.717, 1.165) is 17.4 Å². The second-order valence-electron chi connectivity index (χ2n) is 6.58. The molecule has 2 bridgehead atoms. The van der Waals surface area contributed by atoms with Gasteiger partial charge in [0.1, 0.15) is 0 Å². The SMILES string of the molecule is NC(c1ccc2[nH]c(=O)c(=O)[nH]c2c1)C1CC2CCC1C2. The van der Waals surface area contributed by atoms with Crippen molar-refractivity contribution in [3.63, 3.8) is 0 Å². The van der Waals surface area contributed by atoms with E-state index in [1.54, 1.807) is 0 Å². The average Bonchev–Trinajstić information content (AvgIpc) is 3.10. The summed E-state index contributed by atoms with van der Waals surface area (Å²) in [6.45, 7) is 0. The van der Waals surface area contributed by atoms with E-state index in [1.807, 2.05) is 18.2 Å². The molecule has 5 heteroatoms. The minimum absolute atomic E-state index is 0.0140. The molecule has 4 N–H and O–H groups in total. The Balaban J connectivity index is 1.71. The monoisotopic (exact) mass is 285 g/mol. The van der Waals surface area contributed by atoms with Crippen LogP contribution in [0.1, 0.15) is 37.3 Å². The molecule has 4 rings (SSSR count). The highest BCUT2D eigenvalue weighted by molar-refractivity contribution is 5.74. The van der Waals surface area contributed by atoms with Crippen LogP contribution in [-0.4, -0.2) is 9.97 Å². The van der Waals surface area contributed by atoms with Crippen LogP contribution in [0.4, 0.5) is 0 Å². The molecular weight excluding hydrogens is 266 g/mol. The molecule has 0 spiro atoms. The average molecular weight is 285 g/mol. The number of aromatic nitrogens is 2. The van der Waals surface area contributed by atoms with E-state index >= 15 is 0 Å². The van der Waals surface area contributed by atoms with Crippen LogP contribution in [0.25, 0.3) is 11.0 Å². The molecule has 2 aliphatic carbocycles. The van der Waals surface area contributed by atoms with Gasteiger partial charge in [-0.15, -0.1) is 0 Å². The summed E-state index contributed by atoms with van der Waals surface area (Å²) in [4.78, 5) is 28.0. The summed E-state index contributed by atoms with van der Waals surface area (Å²) in [5.74, 6) is 2.17. The molecule has 2 fully saturated rings. The van der Waals surface area contributed by atoms with Crippen LogP contribution in [0.5, 0.6) is 0 Å². The van der Waals surface area contributed by atoms with Crippen molar-refractivity contribution < 1.29 is 0 Å². The summed E-state index contributed by atoms with van der Waals surface area (Å²) >= 11 is 0. The van der Waals surface area contributed by atoms with E-state index in [-0.39, 0.29) is 6.04 Å². The van der Waals surface area contributed by atoms with Gasteiger partial charge in [0.25, 0.3) is 0 Å². The third-order valence-corrected chi connectivity index (χ3v) is 5.39. The van der Waals surface area contributed by atoms with Crippen LogP contribution in [0.15, 0.2) is 27.8 Å². The first kappa shape index (κ1) is 12.8. The zero-order valence-corrected chi connectivity index (χ0v) is 11.8. The van der Waals surface area contributed by atoms with Crippen LogP contribution in [0.3, 0.4) is 0 Å². The Kier molecular flexibility index (Phi) is 2.79. The molecule has 1 aromatic heterocycles. The summed E-state index contributed by atoms with van der Waals surface area (Å²) in [6, 6.07) is 5.71. The van der Waals surface area contributed by atoms with Gasteiger partial charge in [0, 0.05) is 6.04 Å². The second kappa shape index (κ2) is 4.56. The predicted molar refractivity (Wildman–Crippen MR) is 81.1 cm³/mol. The fraction of sp³-hybridized carbons (Fsp3) is 0.500. The van der Waals surface area contributed by atoms with Crippen molar-refractivity contribution in [3.8, 4) is 0 Å². The Bertz CT molecular complexity index is 807. The first-order valence-corrected chi connectivity index (χ1v) is 7.63. The molecule has 0 aliphatic heterocycles. The van der Waals surface area contributed by atoms with Gasteiger partial charge >= 0.3 is 11.1 Å². The number of hydrogen-bond acceptors (Lipinski definition) is 3. The van der Waals surface area contributed by atoms with Gasteiger partial charge in [0.2, 0.25) is 0 Å². The number of H-pyrrole nitrogens is 2. The molecule has 0 radical (unpaired) electrons. The summed E-state index contributed by atoms with van der Waals surface area (Å²) in [5, 5.41) is 0. The minimum atomic E-state index is -0.618. The van der Waals surface area contributed by atoms with Crippen molar-refractivity contribution in [2.75, 3.05) is 0 Å². The quantitative estimate of drug-likeness (QED) is 0.733. The largest absolute Gasteiger partial charge is 0.324 e. The van der Waals surface area contributed by atoms with E-state index in [1.165, 1.54) is 25.7 Å². The van der Waals surface area contributed by atoms with Crippen molar-refractivity contribution in [3.05, 3.63) is 44.5 Å². The molecule has 2 aliphatic rings. The first-order chi connectivity index (χ1) is 10.1. The van der Waals surface area contributed by atoms with E-state index in [0.29, 0.717) is 17.0 Å². The van der Waals surface area contributed by atoms with Crippen LogP contribution < -0.4 is 16.9 Å². The van der Waals surface area contributed by atoms with E-state index in [4.69, 9.17) is 5.73 Å². The third kappa shape index (κ3) is 2.03. The Morgan fingerprint density at radius 1 is 1.05 bits per heavy atom. The zero-order chi connectivity index (χ0) is 14.6. The maximum atomic E-state index is 11.4. The van der Waals surface area contributed by atoms with Gasteiger partial charge in [0.15, 0.2) is 0 Å². The molecule has 0 saturated heterocycles. The molecule has 0 amide bonds. The van der Waals surface area contributed by atoms with Crippen molar-refractivity contribution in [1.29, 1.82) is 0 Å². The number of fused-ring (bicyclic) bond motifs is 3. The standard InChI is InChI=1S/C16H19N3O2/c17-14(11-6-8-1-2-9(11)5-8)10-3-4-12-13(7-10)19-16(21)15(20)18-12/h3-4,7-9,11,14H,1-2,5-6,17H2,(H,18,20)(H,19,21). The highest BCUT2D eigenvalue weighted by Gasteiger charge is 2.42. The van der Waals surface area contributed by atoms with Crippen LogP contribution in [0, 0.1) is 17.8 Å². The lowest BCUT2D eigenvalue weighted by Gasteiger charge is -2.28. The van der Waals surface area contributed by atoms with Crippen molar-refractivity contribution >= 4 is 11.0 Å². The molecule has 2 saturated carbocycles. The van der Waals surface area contributed by atoms with Crippen molar-refractivity contribution in [1.82, 2.24) is 9.97 Å². The topological polar surface area (TPSA) is 91.7 Å². The molecule has 5 nitrogen and oxygen atoms in total. The fourth-order valence-corrected chi connectivity index (χ4v) is 4.32. The van der Waals surface area contributed by atoms with Gasteiger partial charge in [-0.1, -0.05) is 12.5 Å². The Hall–Kier alpha value is -1.88. The molecule has 110 valence electrons. The van der Waals surface area contributed by atoms with Gasteiger partial charge in [-0.2, -0.15) is 0 Å². The smallest absolute Gasteiger partial charge is 0.314 e. The normalized spacial score (nSPS) is 29.1. The minimum Gasteiger partial charge on any atom is -0.324 e. The Morgan fingerprint density at radius 2 is 1.81 bits per heavy atom. The van der Waals surface area contributed by atoms with Gasteiger partial charge in [-0.05, 0) is 54.7 Å². The highest BCUT2D eigenvalue weighted by Crippen LogP contribution is 2.51. The first-order valence-electron chi connectivity index (χ1n) is 7.63. The number of aromatic amines is 2. The second-order valence-corrected chi connectivity index (χ2v) is 6.58. The van der Waals surface area contributed by atoms with E-state index < -0.39 is 11.1 Å². The third-order valence-electron chi connectivity index (χ3n) is 5.39. The lowest BCUT2D eigenvalue weighted by atomic mass is 9.81. The molecule has 2 aromatic rings. The van der Waals surface area contributed by atoms with E-state index in [9.17, 15) is 9.59 Å². The van der Waals surface area contributed by atoms with Crippen LogP contribution in [0.2, 0.25) is 0 Å². The summed E-state index contributed by atoms with van der Waals surface area (Å²) in [6.07, 6.45) is 5.23. The summed E-state index contributed by atoms with van der Waals surface area (Å²) in [7, 11) is 0. The van der Waals surface area contributed by atoms with Gasteiger partial charge in [0.05, 0.1) is 11.0 Å². The number of nitrogens with one attached hydrogen (secondary N) is 2. The maximum Gasteiger partial charge on any atom is 0.314 e. The van der Waals surface area contributed by atoms with E-state index in [2.05, 4.69) is 9.97 Å². The van der Waals surface area contributed by atoms with Crippen molar-refractivity contribution in [2.24, 2.45) is 23.5 Å². The molecule has 1 aromatic carbocycles. The summed E-state index contributed by atoms with van der Waals surface area (Å²) in [5.41, 5.74) is 7.58.